The van der Waals surface area contributed by atoms with Crippen LogP contribution in [0.15, 0.2) is 22.7 Å². The Labute approximate surface area is 124 Å². The number of amides is 1. The maximum atomic E-state index is 12.4. The summed E-state index contributed by atoms with van der Waals surface area (Å²) in [4.78, 5) is 15.1. The van der Waals surface area contributed by atoms with Gasteiger partial charge in [0.2, 0.25) is 0 Å². The number of oxime groups is 1. The van der Waals surface area contributed by atoms with Crippen molar-refractivity contribution >= 4 is 43.8 Å². The number of likely N-dealkylation sites (tertiary alicyclic amines) is 1. The third-order valence-corrected chi connectivity index (χ3v) is 5.75. The maximum absolute atomic E-state index is 12.4. The molecule has 2 aromatic rings. The van der Waals surface area contributed by atoms with Gasteiger partial charge in [-0.1, -0.05) is 5.16 Å². The van der Waals surface area contributed by atoms with Gasteiger partial charge in [0.15, 0.2) is 0 Å². The highest BCUT2D eigenvalue weighted by atomic mass is 32.1. The van der Waals surface area contributed by atoms with E-state index < -0.39 is 0 Å². The second kappa shape index (κ2) is 5.41. The molecular weight excluding hydrogens is 294 g/mol. The molecule has 0 unspecified atom stereocenters. The summed E-state index contributed by atoms with van der Waals surface area (Å²) < 4.78 is 2.34. The van der Waals surface area contributed by atoms with Crippen LogP contribution in [0.5, 0.6) is 0 Å². The molecule has 1 aliphatic heterocycles. The Balaban J connectivity index is 1.68. The standard InChI is InChI=1S/C13H15N3O2S2/c14-12(15-18)8-1-4-16(5-2-8)13(17)11-7-10-9(20-11)3-6-19-10/h3,6-8,18H,1-2,4-5H2,(H2,14,15). The molecule has 1 saturated heterocycles. The molecule has 0 aromatic carbocycles. The van der Waals surface area contributed by atoms with E-state index in [4.69, 9.17) is 10.9 Å². The molecule has 2 aromatic heterocycles. The lowest BCUT2D eigenvalue weighted by molar-refractivity contribution is 0.0714. The summed E-state index contributed by atoms with van der Waals surface area (Å²) in [5.41, 5.74) is 5.62. The molecule has 3 heterocycles. The lowest BCUT2D eigenvalue weighted by Crippen LogP contribution is -2.41. The molecule has 3 rings (SSSR count). The van der Waals surface area contributed by atoms with Gasteiger partial charge in [0, 0.05) is 28.4 Å². The second-order valence-corrected chi connectivity index (χ2v) is 6.88. The fourth-order valence-electron chi connectivity index (χ4n) is 2.49. The lowest BCUT2D eigenvalue weighted by atomic mass is 9.96. The number of nitrogens with two attached hydrogens (primary N) is 1. The number of rotatable bonds is 2. The van der Waals surface area contributed by atoms with Crippen molar-refractivity contribution in [3.8, 4) is 0 Å². The van der Waals surface area contributed by atoms with Gasteiger partial charge in [-0.25, -0.2) is 0 Å². The van der Waals surface area contributed by atoms with Crippen LogP contribution in [0.1, 0.15) is 22.5 Å². The van der Waals surface area contributed by atoms with Crippen LogP contribution in [-0.2, 0) is 0 Å². The van der Waals surface area contributed by atoms with Gasteiger partial charge in [0.25, 0.3) is 5.91 Å². The molecule has 0 spiro atoms. The molecule has 7 heteroatoms. The Bertz CT molecular complexity index is 625. The second-order valence-electron chi connectivity index (χ2n) is 4.85. The zero-order valence-electron chi connectivity index (χ0n) is 10.8. The van der Waals surface area contributed by atoms with Crippen LogP contribution < -0.4 is 5.73 Å². The molecule has 1 aliphatic rings. The van der Waals surface area contributed by atoms with E-state index in [2.05, 4.69) is 5.16 Å². The monoisotopic (exact) mass is 309 g/mol. The van der Waals surface area contributed by atoms with Crippen LogP contribution >= 0.6 is 22.7 Å². The summed E-state index contributed by atoms with van der Waals surface area (Å²) in [5, 5.41) is 13.8. The zero-order chi connectivity index (χ0) is 14.1. The van der Waals surface area contributed by atoms with Crippen LogP contribution in [0.2, 0.25) is 0 Å². The number of hydrogen-bond acceptors (Lipinski definition) is 5. The minimum Gasteiger partial charge on any atom is -0.409 e. The minimum absolute atomic E-state index is 0.0795. The Morgan fingerprint density at radius 3 is 2.80 bits per heavy atom. The summed E-state index contributed by atoms with van der Waals surface area (Å²) in [6, 6.07) is 4.02. The Kier molecular flexibility index (Phi) is 3.62. The van der Waals surface area contributed by atoms with E-state index >= 15 is 0 Å². The maximum Gasteiger partial charge on any atom is 0.263 e. The molecule has 0 bridgehead atoms. The van der Waals surface area contributed by atoms with Crippen LogP contribution in [0, 0.1) is 5.92 Å². The average Bonchev–Trinajstić information content (AvgIpc) is 3.07. The normalized spacial score (nSPS) is 17.8. The number of piperidine rings is 1. The molecule has 0 atom stereocenters. The van der Waals surface area contributed by atoms with E-state index in [1.54, 1.807) is 22.7 Å². The summed E-state index contributed by atoms with van der Waals surface area (Å²) in [7, 11) is 0. The number of hydrogen-bond donors (Lipinski definition) is 2. The van der Waals surface area contributed by atoms with E-state index in [0.29, 0.717) is 13.1 Å². The van der Waals surface area contributed by atoms with Crippen LogP contribution in [-0.4, -0.2) is 34.9 Å². The van der Waals surface area contributed by atoms with E-state index in [0.717, 1.165) is 17.7 Å². The first-order valence-corrected chi connectivity index (χ1v) is 8.12. The van der Waals surface area contributed by atoms with E-state index in [-0.39, 0.29) is 17.7 Å². The number of thiophene rings is 2. The predicted octanol–water partition coefficient (Wildman–Crippen LogP) is 2.56. The van der Waals surface area contributed by atoms with Crippen LogP contribution in [0.25, 0.3) is 9.40 Å². The van der Waals surface area contributed by atoms with Crippen LogP contribution in [0.4, 0.5) is 0 Å². The van der Waals surface area contributed by atoms with Crippen molar-refractivity contribution in [2.75, 3.05) is 13.1 Å². The van der Waals surface area contributed by atoms with Crippen LogP contribution in [0.3, 0.4) is 0 Å². The topological polar surface area (TPSA) is 78.9 Å². The summed E-state index contributed by atoms with van der Waals surface area (Å²) in [6.45, 7) is 1.32. The molecule has 1 fully saturated rings. The zero-order valence-corrected chi connectivity index (χ0v) is 12.4. The molecule has 5 nitrogen and oxygen atoms in total. The first-order valence-electron chi connectivity index (χ1n) is 6.43. The molecule has 106 valence electrons. The summed E-state index contributed by atoms with van der Waals surface area (Å²) in [6.07, 6.45) is 1.50. The largest absolute Gasteiger partial charge is 0.409 e. The fraction of sp³-hybridized carbons (Fsp3) is 0.385. The fourth-order valence-corrected chi connectivity index (χ4v) is 4.56. The Morgan fingerprint density at radius 1 is 1.40 bits per heavy atom. The highest BCUT2D eigenvalue weighted by molar-refractivity contribution is 7.27. The summed E-state index contributed by atoms with van der Waals surface area (Å²) in [5.74, 6) is 0.445. The molecule has 0 aliphatic carbocycles. The molecule has 0 radical (unpaired) electrons. The van der Waals surface area contributed by atoms with E-state index in [9.17, 15) is 4.79 Å². The molecule has 1 amide bonds. The smallest absolute Gasteiger partial charge is 0.263 e. The van der Waals surface area contributed by atoms with Gasteiger partial charge in [0.1, 0.15) is 5.84 Å². The number of amidine groups is 1. The van der Waals surface area contributed by atoms with Gasteiger partial charge in [-0.05, 0) is 30.4 Å². The Hall–Kier alpha value is -1.60. The van der Waals surface area contributed by atoms with Crippen molar-refractivity contribution < 1.29 is 10.0 Å². The molecule has 0 saturated carbocycles. The van der Waals surface area contributed by atoms with E-state index in [1.807, 2.05) is 22.4 Å². The molecule has 20 heavy (non-hydrogen) atoms. The van der Waals surface area contributed by atoms with Gasteiger partial charge in [0.05, 0.1) is 4.88 Å². The van der Waals surface area contributed by atoms with Gasteiger partial charge < -0.3 is 15.8 Å². The van der Waals surface area contributed by atoms with Gasteiger partial charge in [-0.2, -0.15) is 0 Å². The van der Waals surface area contributed by atoms with Crippen molar-refractivity contribution in [1.82, 2.24) is 4.90 Å². The van der Waals surface area contributed by atoms with Gasteiger partial charge in [-0.15, -0.1) is 22.7 Å². The molecular formula is C13H15N3O2S2. The number of carbonyl (C=O) groups is 1. The van der Waals surface area contributed by atoms with Crippen molar-refractivity contribution in [1.29, 1.82) is 0 Å². The quantitative estimate of drug-likeness (QED) is 0.387. The van der Waals surface area contributed by atoms with Crippen molar-refractivity contribution in [3.05, 3.63) is 22.4 Å². The first kappa shape index (κ1) is 13.4. The van der Waals surface area contributed by atoms with E-state index in [1.165, 1.54) is 9.40 Å². The third-order valence-electron chi connectivity index (χ3n) is 3.67. The van der Waals surface area contributed by atoms with Gasteiger partial charge >= 0.3 is 0 Å². The third kappa shape index (κ3) is 2.38. The highest BCUT2D eigenvalue weighted by Crippen LogP contribution is 2.31. The predicted molar refractivity (Wildman–Crippen MR) is 81.7 cm³/mol. The van der Waals surface area contributed by atoms with Crippen molar-refractivity contribution in [2.45, 2.75) is 12.8 Å². The van der Waals surface area contributed by atoms with Crippen molar-refractivity contribution in [2.24, 2.45) is 16.8 Å². The van der Waals surface area contributed by atoms with Crippen molar-refractivity contribution in [3.63, 3.8) is 0 Å². The highest BCUT2D eigenvalue weighted by Gasteiger charge is 2.26. The summed E-state index contributed by atoms with van der Waals surface area (Å²) >= 11 is 3.21. The van der Waals surface area contributed by atoms with Gasteiger partial charge in [-0.3, -0.25) is 4.79 Å². The Morgan fingerprint density at radius 2 is 2.15 bits per heavy atom. The number of carbonyl (C=O) groups excluding carboxylic acids is 1. The minimum atomic E-state index is 0.0795. The number of nitrogens with zero attached hydrogens (tertiary/aromatic N) is 2. The molecule has 3 N–H and O–H groups in total. The first-order chi connectivity index (χ1) is 9.69. The lowest BCUT2D eigenvalue weighted by Gasteiger charge is -2.31. The average molecular weight is 309 g/mol. The SMILES string of the molecule is N/C(=N/O)C1CCN(C(=O)c2cc3sccc3s2)CC1. The number of fused-ring (bicyclic) bond motifs is 1.